The number of carbonyl (C=O) groups excluding carboxylic acids is 1. The van der Waals surface area contributed by atoms with Crippen LogP contribution in [0.5, 0.6) is 5.75 Å². The second kappa shape index (κ2) is 15.8. The van der Waals surface area contributed by atoms with Crippen molar-refractivity contribution in [1.29, 1.82) is 0 Å². The van der Waals surface area contributed by atoms with Crippen molar-refractivity contribution in [2.45, 2.75) is 38.4 Å². The fraction of sp³-hybridized carbons (Fsp3) is 0.464. The van der Waals surface area contributed by atoms with Crippen molar-refractivity contribution < 1.29 is 47.2 Å². The maximum atomic E-state index is 12.6. The molecule has 1 heterocycles. The number of hydrogen-bond donors (Lipinski definition) is 3. The molecule has 1 aliphatic heterocycles. The van der Waals surface area contributed by atoms with Gasteiger partial charge >= 0.3 is 18.1 Å². The highest BCUT2D eigenvalue weighted by atomic mass is 19.4. The summed E-state index contributed by atoms with van der Waals surface area (Å²) in [6, 6.07) is 12.3. The number of hydrogen-bond acceptors (Lipinski definition) is 7. The van der Waals surface area contributed by atoms with Gasteiger partial charge in [-0.25, -0.2) is 9.59 Å². The molecule has 226 valence electrons. The van der Waals surface area contributed by atoms with Gasteiger partial charge in [-0.15, -0.1) is 0 Å². The number of ether oxygens (including phenoxy) is 2. The highest BCUT2D eigenvalue weighted by Crippen LogP contribution is 2.29. The molecule has 10 nitrogen and oxygen atoms in total. The molecule has 2 aromatic rings. The van der Waals surface area contributed by atoms with E-state index in [9.17, 15) is 27.9 Å². The second-order valence-electron chi connectivity index (χ2n) is 9.27. The molecular formula is C28H36F3N3O7. The average Bonchev–Trinajstić information content (AvgIpc) is 2.95. The lowest BCUT2D eigenvalue weighted by Gasteiger charge is -2.38. The minimum atomic E-state index is -5.08. The van der Waals surface area contributed by atoms with Gasteiger partial charge in [0.25, 0.3) is 5.91 Å². The van der Waals surface area contributed by atoms with Crippen molar-refractivity contribution in [2.24, 2.45) is 0 Å². The quantitative estimate of drug-likeness (QED) is 0.325. The van der Waals surface area contributed by atoms with Crippen molar-refractivity contribution in [3.05, 3.63) is 53.6 Å². The van der Waals surface area contributed by atoms with Crippen LogP contribution in [-0.4, -0.2) is 92.2 Å². The van der Waals surface area contributed by atoms with Crippen LogP contribution in [0.15, 0.2) is 42.5 Å². The molecule has 0 atom stereocenters. The van der Waals surface area contributed by atoms with Crippen LogP contribution in [0.3, 0.4) is 0 Å². The van der Waals surface area contributed by atoms with E-state index in [1.54, 1.807) is 43.5 Å². The molecule has 0 unspecified atom stereocenters. The zero-order valence-corrected chi connectivity index (χ0v) is 23.2. The molecular weight excluding hydrogens is 547 g/mol. The van der Waals surface area contributed by atoms with E-state index in [1.165, 1.54) is 6.07 Å². The Morgan fingerprint density at radius 3 is 2.20 bits per heavy atom. The summed E-state index contributed by atoms with van der Waals surface area (Å²) in [6.45, 7) is 6.11. The van der Waals surface area contributed by atoms with Crippen molar-refractivity contribution in [3.8, 4) is 5.75 Å². The molecule has 0 bridgehead atoms. The smallest absolute Gasteiger partial charge is 0.490 e. The highest BCUT2D eigenvalue weighted by Gasteiger charge is 2.38. The van der Waals surface area contributed by atoms with E-state index in [4.69, 9.17) is 19.4 Å². The first-order valence-corrected chi connectivity index (χ1v) is 13.0. The number of aliphatic carboxylic acids is 1. The van der Waals surface area contributed by atoms with Gasteiger partial charge in [-0.3, -0.25) is 4.79 Å². The lowest BCUT2D eigenvalue weighted by molar-refractivity contribution is -0.192. The van der Waals surface area contributed by atoms with Crippen LogP contribution in [-0.2, 0) is 9.53 Å². The Morgan fingerprint density at radius 1 is 1.07 bits per heavy atom. The van der Waals surface area contributed by atoms with Crippen molar-refractivity contribution in [3.63, 3.8) is 0 Å². The van der Waals surface area contributed by atoms with Crippen LogP contribution < -0.4 is 15.0 Å². The van der Waals surface area contributed by atoms with Gasteiger partial charge < -0.3 is 34.8 Å². The molecule has 0 saturated carbocycles. The molecule has 41 heavy (non-hydrogen) atoms. The topological polar surface area (TPSA) is 129 Å². The summed E-state index contributed by atoms with van der Waals surface area (Å²) >= 11 is 0. The predicted octanol–water partition coefficient (Wildman–Crippen LogP) is 4.61. The second-order valence-corrected chi connectivity index (χ2v) is 9.27. The number of anilines is 2. The highest BCUT2D eigenvalue weighted by molar-refractivity contribution is 6.05. The molecule has 1 saturated heterocycles. The fourth-order valence-electron chi connectivity index (χ4n) is 4.30. The first-order valence-electron chi connectivity index (χ1n) is 13.0. The van der Waals surface area contributed by atoms with Crippen LogP contribution in [0.25, 0.3) is 0 Å². The van der Waals surface area contributed by atoms with E-state index in [2.05, 4.69) is 22.2 Å². The molecule has 2 aromatic carbocycles. The van der Waals surface area contributed by atoms with E-state index >= 15 is 0 Å². The van der Waals surface area contributed by atoms with Crippen LogP contribution in [0, 0.1) is 0 Å². The Hall–Kier alpha value is -3.84. The van der Waals surface area contributed by atoms with Crippen molar-refractivity contribution >= 4 is 29.2 Å². The van der Waals surface area contributed by atoms with Gasteiger partial charge in [0.05, 0.1) is 18.4 Å². The number of carbonyl (C=O) groups is 3. The number of aromatic carboxylic acids is 1. The third-order valence-electron chi connectivity index (χ3n) is 6.51. The van der Waals surface area contributed by atoms with Gasteiger partial charge in [-0.1, -0.05) is 0 Å². The Balaban J connectivity index is 0.000000745. The minimum absolute atomic E-state index is 0.191. The van der Waals surface area contributed by atoms with Gasteiger partial charge in [0.15, 0.2) is 0 Å². The van der Waals surface area contributed by atoms with Crippen molar-refractivity contribution in [1.82, 2.24) is 4.90 Å². The average molecular weight is 584 g/mol. The number of methoxy groups -OCH3 is 1. The fourth-order valence-corrected chi connectivity index (χ4v) is 4.30. The molecule has 13 heteroatoms. The normalized spacial score (nSPS) is 13.8. The summed E-state index contributed by atoms with van der Waals surface area (Å²) in [4.78, 5) is 38.0. The standard InChI is InChI=1S/C26H35N3O5.C2HF3O2/c1-4-34-17-5-14-28(2)21-12-15-29(16-13-21)24-11-8-20(18-23(24)26(31)32)27-25(30)19-6-9-22(33-3)10-7-19;3-2(4,5)1(6)7/h6-11,18,21H,4-5,12-17H2,1-3H3,(H,27,30)(H,31,32);(H,6,7). The zero-order valence-electron chi connectivity index (χ0n) is 23.2. The van der Waals surface area contributed by atoms with Gasteiger partial charge in [0.2, 0.25) is 0 Å². The summed E-state index contributed by atoms with van der Waals surface area (Å²) in [6.07, 6.45) is -2.13. The molecule has 3 N–H and O–H groups in total. The number of nitrogens with one attached hydrogen (secondary N) is 1. The Morgan fingerprint density at radius 2 is 1.68 bits per heavy atom. The van der Waals surface area contributed by atoms with Crippen LogP contribution in [0.1, 0.15) is 46.9 Å². The molecule has 0 aliphatic carbocycles. The summed E-state index contributed by atoms with van der Waals surface area (Å²) < 4.78 is 42.3. The lowest BCUT2D eigenvalue weighted by atomic mass is 10.0. The zero-order chi connectivity index (χ0) is 30.6. The van der Waals surface area contributed by atoms with Gasteiger partial charge in [-0.2, -0.15) is 13.2 Å². The lowest BCUT2D eigenvalue weighted by Crippen LogP contribution is -2.44. The van der Waals surface area contributed by atoms with Crippen LogP contribution >= 0.6 is 0 Å². The maximum Gasteiger partial charge on any atom is 0.490 e. The number of carboxylic acids is 2. The molecule has 0 radical (unpaired) electrons. The number of rotatable bonds is 11. The molecule has 1 fully saturated rings. The monoisotopic (exact) mass is 583 g/mol. The molecule has 1 aliphatic rings. The van der Waals surface area contributed by atoms with Crippen LogP contribution in [0.4, 0.5) is 24.5 Å². The summed E-state index contributed by atoms with van der Waals surface area (Å²) in [7, 11) is 3.71. The van der Waals surface area contributed by atoms with E-state index in [0.29, 0.717) is 28.7 Å². The summed E-state index contributed by atoms with van der Waals surface area (Å²) in [5, 5.41) is 19.8. The Bertz CT molecular complexity index is 1150. The SMILES string of the molecule is CCOCCCN(C)C1CCN(c2ccc(NC(=O)c3ccc(OC)cc3)cc2C(=O)O)CC1.O=C(O)C(F)(F)F. The predicted molar refractivity (Wildman–Crippen MR) is 147 cm³/mol. The van der Waals surface area contributed by atoms with Crippen LogP contribution in [0.2, 0.25) is 0 Å². The molecule has 0 spiro atoms. The number of amides is 1. The van der Waals surface area contributed by atoms with Gasteiger partial charge in [-0.05, 0) is 75.7 Å². The Labute approximate surface area is 236 Å². The number of benzene rings is 2. The number of alkyl halides is 3. The Kier molecular flexibility index (Phi) is 12.9. The first kappa shape index (κ1) is 33.4. The van der Waals surface area contributed by atoms with Gasteiger partial charge in [0, 0.05) is 50.1 Å². The largest absolute Gasteiger partial charge is 0.497 e. The van der Waals surface area contributed by atoms with Crippen molar-refractivity contribution in [2.75, 3.05) is 57.2 Å². The number of piperidine rings is 1. The maximum absolute atomic E-state index is 12.6. The molecule has 0 aromatic heterocycles. The van der Waals surface area contributed by atoms with Gasteiger partial charge in [0.1, 0.15) is 5.75 Å². The van der Waals surface area contributed by atoms with E-state index in [0.717, 1.165) is 52.1 Å². The summed E-state index contributed by atoms with van der Waals surface area (Å²) in [5.41, 5.74) is 1.79. The third kappa shape index (κ3) is 10.6. The van der Waals surface area contributed by atoms with E-state index in [1.807, 2.05) is 6.92 Å². The number of carboxylic acid groups (broad SMARTS) is 2. The molecule has 3 rings (SSSR count). The minimum Gasteiger partial charge on any atom is -0.497 e. The number of nitrogens with zero attached hydrogens (tertiary/aromatic N) is 2. The number of halogens is 3. The van der Waals surface area contributed by atoms with E-state index in [-0.39, 0.29) is 11.5 Å². The summed E-state index contributed by atoms with van der Waals surface area (Å²) in [5.74, 6) is -3.41. The molecule has 1 amide bonds. The third-order valence-corrected chi connectivity index (χ3v) is 6.51. The van der Waals surface area contributed by atoms with E-state index < -0.39 is 18.1 Å². The first-order chi connectivity index (χ1) is 19.4.